The van der Waals surface area contributed by atoms with Crippen LogP contribution < -0.4 is 4.74 Å². The second kappa shape index (κ2) is 4.18. The molecule has 0 fully saturated rings. The van der Waals surface area contributed by atoms with Crippen molar-refractivity contribution in [2.24, 2.45) is 0 Å². The van der Waals surface area contributed by atoms with Gasteiger partial charge >= 0.3 is 11.9 Å². The number of hydrogen-bond donors (Lipinski definition) is 2. The lowest BCUT2D eigenvalue weighted by Gasteiger charge is -2.12. The van der Waals surface area contributed by atoms with Gasteiger partial charge in [-0.3, -0.25) is 0 Å². The number of hydrogen-bond acceptors (Lipinski definition) is 4. The number of rotatable bonds is 3. The molecule has 0 saturated heterocycles. The van der Waals surface area contributed by atoms with Gasteiger partial charge in [0.25, 0.3) is 0 Å². The maximum absolute atomic E-state index is 10.9. The first-order valence-corrected chi connectivity index (χ1v) is 4.42. The van der Waals surface area contributed by atoms with E-state index < -0.39 is 11.9 Å². The molecule has 0 aromatic carbocycles. The van der Waals surface area contributed by atoms with Crippen LogP contribution in [0.1, 0.15) is 32.1 Å². The first-order valence-electron chi connectivity index (χ1n) is 4.42. The molecule has 0 unspecified atom stereocenters. The standard InChI is InChI=1S/C10H11NO5/c1-4-6(9(12)13)11-7(10(14)15)5(2)8(4)16-3/h1-3H3,(H,12,13)(H,14,15). The summed E-state index contributed by atoms with van der Waals surface area (Å²) in [5.74, 6) is -2.32. The second-order valence-corrected chi connectivity index (χ2v) is 3.20. The Hall–Kier alpha value is -2.11. The minimum absolute atomic E-state index is 0.241. The van der Waals surface area contributed by atoms with Crippen LogP contribution in [0.3, 0.4) is 0 Å². The van der Waals surface area contributed by atoms with Crippen LogP contribution in [0.4, 0.5) is 0 Å². The van der Waals surface area contributed by atoms with Gasteiger partial charge in [-0.15, -0.1) is 0 Å². The highest BCUT2D eigenvalue weighted by Crippen LogP contribution is 2.27. The van der Waals surface area contributed by atoms with Crippen molar-refractivity contribution in [1.82, 2.24) is 4.98 Å². The molecule has 0 radical (unpaired) electrons. The molecule has 1 rings (SSSR count). The Morgan fingerprint density at radius 2 is 1.44 bits per heavy atom. The van der Waals surface area contributed by atoms with Crippen LogP contribution >= 0.6 is 0 Å². The van der Waals surface area contributed by atoms with Crippen LogP contribution in [0.5, 0.6) is 5.75 Å². The molecule has 86 valence electrons. The van der Waals surface area contributed by atoms with Crippen molar-refractivity contribution in [2.45, 2.75) is 13.8 Å². The number of carboxylic acid groups (broad SMARTS) is 2. The quantitative estimate of drug-likeness (QED) is 0.799. The Morgan fingerprint density at radius 1 is 1.06 bits per heavy atom. The molecular formula is C10H11NO5. The van der Waals surface area contributed by atoms with Gasteiger partial charge in [-0.25, -0.2) is 14.6 Å². The zero-order chi connectivity index (χ0) is 12.5. The summed E-state index contributed by atoms with van der Waals surface area (Å²) in [6.07, 6.45) is 0. The van der Waals surface area contributed by atoms with Gasteiger partial charge in [-0.05, 0) is 13.8 Å². The molecular weight excluding hydrogens is 214 g/mol. The number of nitrogens with zero attached hydrogens (tertiary/aromatic N) is 1. The molecule has 1 aromatic heterocycles. The molecule has 1 aromatic rings. The number of pyridine rings is 1. The summed E-state index contributed by atoms with van der Waals surface area (Å²) in [6, 6.07) is 0. The SMILES string of the molecule is COc1c(C)c(C(=O)O)nc(C(=O)O)c1C. The van der Waals surface area contributed by atoms with Gasteiger partial charge in [0.1, 0.15) is 5.75 Å². The monoisotopic (exact) mass is 225 g/mol. The molecule has 6 heteroatoms. The fourth-order valence-corrected chi connectivity index (χ4v) is 1.50. The maximum atomic E-state index is 10.9. The molecule has 0 aliphatic carbocycles. The third-order valence-corrected chi connectivity index (χ3v) is 2.22. The number of carbonyl (C=O) groups is 2. The third kappa shape index (κ3) is 1.81. The predicted molar refractivity (Wildman–Crippen MR) is 54.2 cm³/mol. The summed E-state index contributed by atoms with van der Waals surface area (Å²) < 4.78 is 4.99. The molecule has 0 amide bonds. The lowest BCUT2D eigenvalue weighted by atomic mass is 10.1. The van der Waals surface area contributed by atoms with Gasteiger partial charge < -0.3 is 14.9 Å². The Kier molecular flexibility index (Phi) is 3.12. The average molecular weight is 225 g/mol. The lowest BCUT2D eigenvalue weighted by molar-refractivity contribution is 0.0683. The topological polar surface area (TPSA) is 96.7 Å². The smallest absolute Gasteiger partial charge is 0.354 e. The van der Waals surface area contributed by atoms with Gasteiger partial charge in [0.05, 0.1) is 7.11 Å². The van der Waals surface area contributed by atoms with Crippen LogP contribution in [-0.4, -0.2) is 34.2 Å². The van der Waals surface area contributed by atoms with E-state index in [1.165, 1.54) is 21.0 Å². The zero-order valence-corrected chi connectivity index (χ0v) is 9.07. The summed E-state index contributed by atoms with van der Waals surface area (Å²) in [6.45, 7) is 3.04. The average Bonchev–Trinajstić information content (AvgIpc) is 2.17. The Bertz CT molecular complexity index is 429. The number of carboxylic acids is 2. The van der Waals surface area contributed by atoms with E-state index in [1.807, 2.05) is 0 Å². The molecule has 16 heavy (non-hydrogen) atoms. The van der Waals surface area contributed by atoms with E-state index in [1.54, 1.807) is 0 Å². The summed E-state index contributed by atoms with van der Waals surface area (Å²) in [4.78, 5) is 25.3. The van der Waals surface area contributed by atoms with E-state index in [0.717, 1.165) is 0 Å². The molecule has 0 aliphatic rings. The molecule has 0 bridgehead atoms. The van der Waals surface area contributed by atoms with Gasteiger partial charge in [0, 0.05) is 11.1 Å². The maximum Gasteiger partial charge on any atom is 0.354 e. The predicted octanol–water partition coefficient (Wildman–Crippen LogP) is 1.10. The van der Waals surface area contributed by atoms with Crippen molar-refractivity contribution in [3.8, 4) is 5.75 Å². The lowest BCUT2D eigenvalue weighted by Crippen LogP contribution is -2.13. The van der Waals surface area contributed by atoms with Gasteiger partial charge in [-0.2, -0.15) is 0 Å². The van der Waals surface area contributed by atoms with Crippen molar-refractivity contribution in [3.63, 3.8) is 0 Å². The van der Waals surface area contributed by atoms with Gasteiger partial charge in [0.2, 0.25) is 0 Å². The van der Waals surface area contributed by atoms with E-state index in [4.69, 9.17) is 14.9 Å². The fraction of sp³-hybridized carbons (Fsp3) is 0.300. The number of methoxy groups -OCH3 is 1. The molecule has 0 aliphatic heterocycles. The highest BCUT2D eigenvalue weighted by Gasteiger charge is 2.22. The fourth-order valence-electron chi connectivity index (χ4n) is 1.50. The molecule has 1 heterocycles. The highest BCUT2D eigenvalue weighted by atomic mass is 16.5. The van der Waals surface area contributed by atoms with Crippen LogP contribution in [0, 0.1) is 13.8 Å². The van der Waals surface area contributed by atoms with E-state index >= 15 is 0 Å². The van der Waals surface area contributed by atoms with Crippen LogP contribution in [0.15, 0.2) is 0 Å². The van der Waals surface area contributed by atoms with Crippen molar-refractivity contribution in [1.29, 1.82) is 0 Å². The van der Waals surface area contributed by atoms with Crippen LogP contribution in [0.2, 0.25) is 0 Å². The summed E-state index contributed by atoms with van der Waals surface area (Å²) >= 11 is 0. The minimum atomic E-state index is -1.28. The molecule has 2 N–H and O–H groups in total. The molecule has 0 spiro atoms. The van der Waals surface area contributed by atoms with Crippen molar-refractivity contribution in [3.05, 3.63) is 22.5 Å². The molecule has 0 saturated carbocycles. The third-order valence-electron chi connectivity index (χ3n) is 2.22. The first-order chi connectivity index (χ1) is 7.40. The van der Waals surface area contributed by atoms with Crippen LogP contribution in [-0.2, 0) is 0 Å². The largest absolute Gasteiger partial charge is 0.496 e. The van der Waals surface area contributed by atoms with E-state index in [0.29, 0.717) is 11.1 Å². The van der Waals surface area contributed by atoms with Gasteiger partial charge in [0.15, 0.2) is 11.4 Å². The Labute approximate surface area is 91.5 Å². The highest BCUT2D eigenvalue weighted by molar-refractivity contribution is 5.93. The molecule has 0 atom stereocenters. The second-order valence-electron chi connectivity index (χ2n) is 3.20. The number of aromatic nitrogens is 1. The summed E-state index contributed by atoms with van der Waals surface area (Å²) in [5.41, 5.74) is 0.0229. The van der Waals surface area contributed by atoms with E-state index in [9.17, 15) is 9.59 Å². The van der Waals surface area contributed by atoms with Crippen molar-refractivity contribution in [2.75, 3.05) is 7.11 Å². The summed E-state index contributed by atoms with van der Waals surface area (Å²) in [7, 11) is 1.35. The normalized spacial score (nSPS) is 9.94. The summed E-state index contributed by atoms with van der Waals surface area (Å²) in [5, 5.41) is 17.7. The van der Waals surface area contributed by atoms with Crippen molar-refractivity contribution >= 4 is 11.9 Å². The zero-order valence-electron chi connectivity index (χ0n) is 9.07. The number of ether oxygens (including phenoxy) is 1. The minimum Gasteiger partial charge on any atom is -0.496 e. The molecule has 6 nitrogen and oxygen atoms in total. The van der Waals surface area contributed by atoms with E-state index in [2.05, 4.69) is 4.98 Å². The van der Waals surface area contributed by atoms with E-state index in [-0.39, 0.29) is 17.1 Å². The van der Waals surface area contributed by atoms with Crippen molar-refractivity contribution < 1.29 is 24.5 Å². The Balaban J connectivity index is 3.62. The first kappa shape index (κ1) is 12.0. The van der Waals surface area contributed by atoms with Crippen LogP contribution in [0.25, 0.3) is 0 Å². The number of aromatic carboxylic acids is 2. The Morgan fingerprint density at radius 3 is 1.69 bits per heavy atom. The van der Waals surface area contributed by atoms with Gasteiger partial charge in [-0.1, -0.05) is 0 Å².